The highest BCUT2D eigenvalue weighted by Crippen LogP contribution is 2.20. The van der Waals surface area contributed by atoms with Crippen molar-refractivity contribution in [3.63, 3.8) is 0 Å². The first-order valence-electron chi connectivity index (χ1n) is 4.54. The molecule has 1 aliphatic heterocycles. The second-order valence-corrected chi connectivity index (χ2v) is 3.63. The summed E-state index contributed by atoms with van der Waals surface area (Å²) in [6.45, 7) is 0.946. The minimum absolute atomic E-state index is 0.469. The number of piperazine rings is 1. The van der Waals surface area contributed by atoms with Crippen LogP contribution < -0.4 is 10.2 Å². The summed E-state index contributed by atoms with van der Waals surface area (Å²) in [7, 11) is 0. The van der Waals surface area contributed by atoms with Crippen molar-refractivity contribution in [2.75, 3.05) is 18.0 Å². The van der Waals surface area contributed by atoms with Crippen LogP contribution in [0.2, 0.25) is 5.02 Å². The first-order valence-corrected chi connectivity index (χ1v) is 4.91. The highest BCUT2D eigenvalue weighted by molar-refractivity contribution is 6.41. The number of nitrogens with zero attached hydrogens (tertiary/aromatic N) is 1. The molecule has 2 amide bonds. The third-order valence-electron chi connectivity index (χ3n) is 2.18. The van der Waals surface area contributed by atoms with Gasteiger partial charge >= 0.3 is 11.8 Å². The van der Waals surface area contributed by atoms with E-state index in [0.717, 1.165) is 0 Å². The lowest BCUT2D eigenvalue weighted by Gasteiger charge is -2.26. The molecule has 0 bridgehead atoms. The molecule has 0 spiro atoms. The smallest absolute Gasteiger partial charge is 0.316 e. The second-order valence-electron chi connectivity index (χ2n) is 3.19. The largest absolute Gasteiger partial charge is 0.346 e. The molecule has 0 aromatic heterocycles. The Bertz CT molecular complexity index is 420. The van der Waals surface area contributed by atoms with Gasteiger partial charge in [-0.3, -0.25) is 9.59 Å². The average Bonchev–Trinajstić information content (AvgIpc) is 2.22. The van der Waals surface area contributed by atoms with Gasteiger partial charge in [0.05, 0.1) is 0 Å². The molecule has 1 saturated heterocycles. The van der Waals surface area contributed by atoms with Gasteiger partial charge in [-0.1, -0.05) is 17.7 Å². The number of nitrogens with one attached hydrogen (secondary N) is 1. The van der Waals surface area contributed by atoms with E-state index >= 15 is 0 Å². The molecule has 1 aromatic rings. The normalized spacial score (nSPS) is 16.5. The number of carbonyl (C=O) groups excluding carboxylic acids is 2. The lowest BCUT2D eigenvalue weighted by molar-refractivity contribution is -0.138. The zero-order valence-corrected chi connectivity index (χ0v) is 8.62. The standard InChI is InChI=1S/C10H9ClN2O2/c11-7-2-1-3-8(6-7)13-5-4-12-9(14)10(13)15/h1-3,6H,4-5H2,(H,12,14). The summed E-state index contributed by atoms with van der Waals surface area (Å²) in [6, 6.07) is 6.89. The molecule has 0 unspecified atom stereocenters. The first kappa shape index (κ1) is 9.98. The lowest BCUT2D eigenvalue weighted by atomic mass is 10.2. The Hall–Kier alpha value is -1.55. The molecule has 1 aromatic carbocycles. The predicted octanol–water partition coefficient (Wildman–Crippen LogP) is 0.803. The van der Waals surface area contributed by atoms with E-state index in [9.17, 15) is 9.59 Å². The fourth-order valence-corrected chi connectivity index (χ4v) is 1.66. The van der Waals surface area contributed by atoms with Crippen LogP contribution in [0.25, 0.3) is 0 Å². The number of hydrogen-bond donors (Lipinski definition) is 1. The van der Waals surface area contributed by atoms with E-state index in [1.165, 1.54) is 4.90 Å². The van der Waals surface area contributed by atoms with E-state index in [1.807, 2.05) is 0 Å². The van der Waals surface area contributed by atoms with Crippen LogP contribution in [0.15, 0.2) is 24.3 Å². The number of halogens is 1. The van der Waals surface area contributed by atoms with E-state index < -0.39 is 11.8 Å². The van der Waals surface area contributed by atoms with Crippen molar-refractivity contribution in [3.8, 4) is 0 Å². The van der Waals surface area contributed by atoms with Gasteiger partial charge < -0.3 is 10.2 Å². The van der Waals surface area contributed by atoms with E-state index in [1.54, 1.807) is 24.3 Å². The Morgan fingerprint density at radius 2 is 2.13 bits per heavy atom. The molecule has 0 saturated carbocycles. The van der Waals surface area contributed by atoms with Crippen LogP contribution >= 0.6 is 11.6 Å². The highest BCUT2D eigenvalue weighted by atomic mass is 35.5. The molecule has 1 fully saturated rings. The third kappa shape index (κ3) is 1.94. The molecule has 1 heterocycles. The summed E-state index contributed by atoms with van der Waals surface area (Å²) in [4.78, 5) is 24.1. The topological polar surface area (TPSA) is 49.4 Å². The van der Waals surface area contributed by atoms with Crippen molar-refractivity contribution in [1.29, 1.82) is 0 Å². The molecule has 1 N–H and O–H groups in total. The Kier molecular flexibility index (Phi) is 2.60. The maximum absolute atomic E-state index is 11.5. The van der Waals surface area contributed by atoms with Gasteiger partial charge in [0.15, 0.2) is 0 Å². The maximum atomic E-state index is 11.5. The fourth-order valence-electron chi connectivity index (χ4n) is 1.47. The van der Waals surface area contributed by atoms with Crippen LogP contribution in [0.3, 0.4) is 0 Å². The van der Waals surface area contributed by atoms with Gasteiger partial charge in [0, 0.05) is 23.8 Å². The van der Waals surface area contributed by atoms with Gasteiger partial charge in [0.25, 0.3) is 0 Å². The van der Waals surface area contributed by atoms with Crippen molar-refractivity contribution >= 4 is 29.1 Å². The summed E-state index contributed by atoms with van der Waals surface area (Å²) in [6.07, 6.45) is 0. The summed E-state index contributed by atoms with van der Waals surface area (Å²) in [5.41, 5.74) is 0.655. The van der Waals surface area contributed by atoms with Crippen molar-refractivity contribution in [1.82, 2.24) is 5.32 Å². The molecular weight excluding hydrogens is 216 g/mol. The molecule has 15 heavy (non-hydrogen) atoms. The Morgan fingerprint density at radius 3 is 2.87 bits per heavy atom. The van der Waals surface area contributed by atoms with E-state index in [2.05, 4.69) is 5.32 Å². The molecule has 78 valence electrons. The minimum Gasteiger partial charge on any atom is -0.346 e. The van der Waals surface area contributed by atoms with Crippen molar-refractivity contribution < 1.29 is 9.59 Å². The van der Waals surface area contributed by atoms with Gasteiger partial charge in [0.1, 0.15) is 0 Å². The van der Waals surface area contributed by atoms with Crippen molar-refractivity contribution in [2.24, 2.45) is 0 Å². The molecule has 4 nitrogen and oxygen atoms in total. The fraction of sp³-hybridized carbons (Fsp3) is 0.200. The monoisotopic (exact) mass is 224 g/mol. The summed E-state index contributed by atoms with van der Waals surface area (Å²) < 4.78 is 0. The van der Waals surface area contributed by atoms with Gasteiger partial charge in [-0.2, -0.15) is 0 Å². The number of carbonyl (C=O) groups is 2. The van der Waals surface area contributed by atoms with Gasteiger partial charge in [-0.05, 0) is 18.2 Å². The number of amides is 2. The molecule has 1 aliphatic rings. The molecule has 0 radical (unpaired) electrons. The quantitative estimate of drug-likeness (QED) is 0.718. The van der Waals surface area contributed by atoms with Crippen LogP contribution in [0.5, 0.6) is 0 Å². The second kappa shape index (κ2) is 3.90. The molecular formula is C10H9ClN2O2. The summed E-state index contributed by atoms with van der Waals surface area (Å²) in [5.74, 6) is -1.11. The Morgan fingerprint density at radius 1 is 1.33 bits per heavy atom. The van der Waals surface area contributed by atoms with Crippen molar-refractivity contribution in [3.05, 3.63) is 29.3 Å². The van der Waals surface area contributed by atoms with Gasteiger partial charge in [-0.25, -0.2) is 0 Å². The van der Waals surface area contributed by atoms with Crippen LogP contribution in [0, 0.1) is 0 Å². The molecule has 0 aliphatic carbocycles. The van der Waals surface area contributed by atoms with Gasteiger partial charge in [0.2, 0.25) is 0 Å². The Balaban J connectivity index is 2.30. The van der Waals surface area contributed by atoms with Crippen molar-refractivity contribution in [2.45, 2.75) is 0 Å². The van der Waals surface area contributed by atoms with Crippen LogP contribution in [0.1, 0.15) is 0 Å². The van der Waals surface area contributed by atoms with Crippen LogP contribution in [-0.2, 0) is 9.59 Å². The zero-order chi connectivity index (χ0) is 10.8. The number of rotatable bonds is 1. The van der Waals surface area contributed by atoms with Crippen LogP contribution in [-0.4, -0.2) is 24.9 Å². The minimum atomic E-state index is -0.568. The number of anilines is 1. The van der Waals surface area contributed by atoms with Crippen LogP contribution in [0.4, 0.5) is 5.69 Å². The SMILES string of the molecule is O=C1NCCN(c2cccc(Cl)c2)C1=O. The molecule has 5 heteroatoms. The number of hydrogen-bond acceptors (Lipinski definition) is 2. The average molecular weight is 225 g/mol. The number of benzene rings is 1. The summed E-state index contributed by atoms with van der Waals surface area (Å²) in [5, 5.41) is 3.03. The van der Waals surface area contributed by atoms with E-state index in [0.29, 0.717) is 23.8 Å². The van der Waals surface area contributed by atoms with E-state index in [4.69, 9.17) is 11.6 Å². The Labute approximate surface area is 91.8 Å². The van der Waals surface area contributed by atoms with E-state index in [-0.39, 0.29) is 0 Å². The maximum Gasteiger partial charge on any atom is 0.316 e. The summed E-state index contributed by atoms with van der Waals surface area (Å²) >= 11 is 5.81. The molecule has 2 rings (SSSR count). The zero-order valence-electron chi connectivity index (χ0n) is 7.87. The molecule has 0 atom stereocenters. The lowest BCUT2D eigenvalue weighted by Crippen LogP contribution is -2.52. The van der Waals surface area contributed by atoms with Gasteiger partial charge in [-0.15, -0.1) is 0 Å². The first-order chi connectivity index (χ1) is 7.18. The predicted molar refractivity (Wildman–Crippen MR) is 56.8 cm³/mol. The highest BCUT2D eigenvalue weighted by Gasteiger charge is 2.26. The third-order valence-corrected chi connectivity index (χ3v) is 2.42.